The van der Waals surface area contributed by atoms with Crippen molar-refractivity contribution in [2.24, 2.45) is 5.16 Å². The number of nitriles is 1. The van der Waals surface area contributed by atoms with Gasteiger partial charge in [0.25, 0.3) is 0 Å². The highest BCUT2D eigenvalue weighted by atomic mass is 32.1. The zero-order chi connectivity index (χ0) is 14.5. The number of aromatic nitrogens is 1. The summed E-state index contributed by atoms with van der Waals surface area (Å²) in [5.74, 6) is -1.68. The number of nitrogens with zero attached hydrogens (tertiary/aromatic N) is 3. The van der Waals surface area contributed by atoms with Crippen LogP contribution in [-0.2, 0) is 4.84 Å². The van der Waals surface area contributed by atoms with E-state index in [1.165, 1.54) is 29.5 Å². The van der Waals surface area contributed by atoms with E-state index in [9.17, 15) is 9.18 Å². The Bertz CT molecular complexity index is 718. The standard InChI is InChI=1S/C13H8FN3O2S/c1-8-7-20-12(16-8)11(6-15)17-19-13(18)9-4-2-3-5-10(9)14/h2-5,7H,1H3. The van der Waals surface area contributed by atoms with Crippen molar-refractivity contribution in [3.63, 3.8) is 0 Å². The third-order valence-electron chi connectivity index (χ3n) is 2.24. The summed E-state index contributed by atoms with van der Waals surface area (Å²) in [5.41, 5.74) is 0.352. The van der Waals surface area contributed by atoms with E-state index in [0.717, 1.165) is 11.8 Å². The van der Waals surface area contributed by atoms with Crippen molar-refractivity contribution in [2.45, 2.75) is 6.92 Å². The van der Waals surface area contributed by atoms with Crippen molar-refractivity contribution < 1.29 is 14.0 Å². The monoisotopic (exact) mass is 289 g/mol. The number of benzene rings is 1. The van der Waals surface area contributed by atoms with Crippen molar-refractivity contribution in [3.8, 4) is 6.07 Å². The Morgan fingerprint density at radius 1 is 1.50 bits per heavy atom. The molecule has 2 aromatic rings. The molecule has 0 unspecified atom stereocenters. The van der Waals surface area contributed by atoms with E-state index < -0.39 is 11.8 Å². The van der Waals surface area contributed by atoms with Crippen molar-refractivity contribution in [3.05, 3.63) is 51.7 Å². The molecule has 0 amide bonds. The number of hydrogen-bond acceptors (Lipinski definition) is 6. The van der Waals surface area contributed by atoms with Crippen molar-refractivity contribution in [1.82, 2.24) is 4.98 Å². The molecule has 0 spiro atoms. The van der Waals surface area contributed by atoms with Gasteiger partial charge in [0.15, 0.2) is 5.01 Å². The fourth-order valence-electron chi connectivity index (χ4n) is 1.33. The summed E-state index contributed by atoms with van der Waals surface area (Å²) in [7, 11) is 0. The summed E-state index contributed by atoms with van der Waals surface area (Å²) in [4.78, 5) is 20.3. The SMILES string of the molecule is Cc1csc(C(C#N)=NOC(=O)c2ccccc2F)n1. The number of hydrogen-bond donors (Lipinski definition) is 0. The lowest BCUT2D eigenvalue weighted by Gasteiger charge is -1.99. The lowest BCUT2D eigenvalue weighted by molar-refractivity contribution is 0.0512. The van der Waals surface area contributed by atoms with E-state index in [1.54, 1.807) is 18.4 Å². The molecule has 20 heavy (non-hydrogen) atoms. The number of carbonyl (C=O) groups is 1. The predicted molar refractivity (Wildman–Crippen MR) is 70.8 cm³/mol. The van der Waals surface area contributed by atoms with Gasteiger partial charge in [-0.1, -0.05) is 17.3 Å². The number of thiazole rings is 1. The second-order valence-electron chi connectivity index (χ2n) is 3.70. The number of rotatable bonds is 3. The molecule has 1 aromatic heterocycles. The van der Waals surface area contributed by atoms with Gasteiger partial charge in [-0.25, -0.2) is 14.2 Å². The summed E-state index contributed by atoms with van der Waals surface area (Å²) in [5, 5.41) is 14.5. The summed E-state index contributed by atoms with van der Waals surface area (Å²) < 4.78 is 13.3. The molecule has 0 aliphatic heterocycles. The number of carbonyl (C=O) groups excluding carboxylic acids is 1. The number of oxime groups is 1. The van der Waals surface area contributed by atoms with E-state index in [2.05, 4.69) is 15.0 Å². The molecule has 0 saturated carbocycles. The first-order valence-electron chi connectivity index (χ1n) is 5.48. The van der Waals surface area contributed by atoms with Crippen LogP contribution in [0.3, 0.4) is 0 Å². The fourth-order valence-corrected chi connectivity index (χ4v) is 2.06. The molecule has 0 fully saturated rings. The van der Waals surface area contributed by atoms with Gasteiger partial charge in [0.1, 0.15) is 11.9 Å². The Balaban J connectivity index is 2.18. The highest BCUT2D eigenvalue weighted by Crippen LogP contribution is 2.11. The van der Waals surface area contributed by atoms with Gasteiger partial charge in [0, 0.05) is 11.1 Å². The Kier molecular flexibility index (Phi) is 4.17. The molecule has 7 heteroatoms. The van der Waals surface area contributed by atoms with E-state index in [0.29, 0.717) is 5.01 Å². The van der Waals surface area contributed by atoms with Crippen molar-refractivity contribution >= 4 is 23.0 Å². The first kappa shape index (κ1) is 13.8. The summed E-state index contributed by atoms with van der Waals surface area (Å²) in [6, 6.07) is 7.14. The van der Waals surface area contributed by atoms with Crippen LogP contribution < -0.4 is 0 Å². The Hall–Kier alpha value is -2.59. The van der Waals surface area contributed by atoms with Gasteiger partial charge in [-0.15, -0.1) is 11.3 Å². The molecule has 0 aliphatic carbocycles. The Morgan fingerprint density at radius 2 is 2.25 bits per heavy atom. The molecule has 0 N–H and O–H groups in total. The molecular formula is C13H8FN3O2S. The highest BCUT2D eigenvalue weighted by molar-refractivity contribution is 7.12. The van der Waals surface area contributed by atoms with Gasteiger partial charge >= 0.3 is 5.97 Å². The predicted octanol–water partition coefficient (Wildman–Crippen LogP) is 2.68. The molecule has 5 nitrogen and oxygen atoms in total. The first-order chi connectivity index (χ1) is 9.61. The lowest BCUT2D eigenvalue weighted by atomic mass is 10.2. The second kappa shape index (κ2) is 6.04. The highest BCUT2D eigenvalue weighted by Gasteiger charge is 2.14. The van der Waals surface area contributed by atoms with E-state index in [1.807, 2.05) is 0 Å². The molecule has 0 aliphatic rings. The average molecular weight is 289 g/mol. The van der Waals surface area contributed by atoms with Crippen molar-refractivity contribution in [1.29, 1.82) is 5.26 Å². The minimum Gasteiger partial charge on any atom is -0.311 e. The summed E-state index contributed by atoms with van der Waals surface area (Å²) >= 11 is 1.20. The lowest BCUT2D eigenvalue weighted by Crippen LogP contribution is -2.06. The molecule has 2 rings (SSSR count). The minimum absolute atomic E-state index is 0.132. The molecule has 0 saturated heterocycles. The van der Waals surface area contributed by atoms with Gasteiger partial charge in [0.2, 0.25) is 5.71 Å². The number of halogens is 1. The van der Waals surface area contributed by atoms with E-state index >= 15 is 0 Å². The van der Waals surface area contributed by atoms with Gasteiger partial charge < -0.3 is 4.84 Å². The quantitative estimate of drug-likeness (QED) is 0.494. The topological polar surface area (TPSA) is 75.3 Å². The molecule has 0 bridgehead atoms. The molecule has 0 atom stereocenters. The third-order valence-corrected chi connectivity index (χ3v) is 3.21. The largest absolute Gasteiger partial charge is 0.368 e. The summed E-state index contributed by atoms with van der Waals surface area (Å²) in [6.45, 7) is 1.76. The maximum Gasteiger partial charge on any atom is 0.368 e. The van der Waals surface area contributed by atoms with Crippen LogP contribution >= 0.6 is 11.3 Å². The Labute approximate surface area is 117 Å². The molecule has 1 aromatic carbocycles. The molecule has 0 radical (unpaired) electrons. The van der Waals surface area contributed by atoms with Gasteiger partial charge in [-0.05, 0) is 19.1 Å². The fraction of sp³-hybridized carbons (Fsp3) is 0.0769. The van der Waals surface area contributed by atoms with Crippen LogP contribution in [0.15, 0.2) is 34.8 Å². The smallest absolute Gasteiger partial charge is 0.311 e. The first-order valence-corrected chi connectivity index (χ1v) is 6.36. The maximum atomic E-state index is 13.3. The van der Waals surface area contributed by atoms with Gasteiger partial charge in [-0.3, -0.25) is 0 Å². The third kappa shape index (κ3) is 3.05. The zero-order valence-electron chi connectivity index (χ0n) is 10.3. The summed E-state index contributed by atoms with van der Waals surface area (Å²) in [6.07, 6.45) is 0. The zero-order valence-corrected chi connectivity index (χ0v) is 11.1. The number of aryl methyl sites for hydroxylation is 1. The van der Waals surface area contributed by atoms with Crippen LogP contribution in [0.25, 0.3) is 0 Å². The molecule has 100 valence electrons. The maximum absolute atomic E-state index is 13.3. The van der Waals surface area contributed by atoms with Crippen LogP contribution in [0, 0.1) is 24.1 Å². The van der Waals surface area contributed by atoms with Crippen LogP contribution in [-0.4, -0.2) is 16.7 Å². The van der Waals surface area contributed by atoms with Crippen molar-refractivity contribution in [2.75, 3.05) is 0 Å². The van der Waals surface area contributed by atoms with Crippen LogP contribution in [0.2, 0.25) is 0 Å². The van der Waals surface area contributed by atoms with Gasteiger partial charge in [-0.2, -0.15) is 5.26 Å². The van der Waals surface area contributed by atoms with Crippen LogP contribution in [0.4, 0.5) is 4.39 Å². The molecular weight excluding hydrogens is 281 g/mol. The van der Waals surface area contributed by atoms with E-state index in [4.69, 9.17) is 5.26 Å². The van der Waals surface area contributed by atoms with Crippen LogP contribution in [0.5, 0.6) is 0 Å². The molecule has 1 heterocycles. The second-order valence-corrected chi connectivity index (χ2v) is 4.56. The average Bonchev–Trinajstić information content (AvgIpc) is 2.86. The van der Waals surface area contributed by atoms with Gasteiger partial charge in [0.05, 0.1) is 5.56 Å². The van der Waals surface area contributed by atoms with Crippen LogP contribution in [0.1, 0.15) is 21.1 Å². The minimum atomic E-state index is -0.968. The Morgan fingerprint density at radius 3 is 2.85 bits per heavy atom. The van der Waals surface area contributed by atoms with E-state index in [-0.39, 0.29) is 11.3 Å². The normalized spacial score (nSPS) is 10.9.